The summed E-state index contributed by atoms with van der Waals surface area (Å²) in [5.41, 5.74) is 0. The van der Waals surface area contributed by atoms with Crippen LogP contribution in [0.1, 0.15) is 14.6 Å². The first-order valence-corrected chi connectivity index (χ1v) is 7.80. The zero-order valence-electron chi connectivity index (χ0n) is 9.48. The zero-order chi connectivity index (χ0) is 13.0. The van der Waals surface area contributed by atoms with E-state index >= 15 is 0 Å². The molecule has 0 unspecified atom stereocenters. The Hall–Kier alpha value is -0.690. The number of aliphatic carboxylic acids is 1. The molecule has 0 aromatic carbocycles. The van der Waals surface area contributed by atoms with Crippen molar-refractivity contribution in [2.24, 2.45) is 0 Å². The minimum absolute atomic E-state index is 0.114. The second-order valence-electron chi connectivity index (χ2n) is 3.75. The highest BCUT2D eigenvalue weighted by Crippen LogP contribution is 2.22. The largest absolute Gasteiger partial charge is 0.481 e. The van der Waals surface area contributed by atoms with Gasteiger partial charge in [0.1, 0.15) is 0 Å². The minimum Gasteiger partial charge on any atom is -0.481 e. The fourth-order valence-electron chi connectivity index (χ4n) is 1.52. The van der Waals surface area contributed by atoms with Gasteiger partial charge in [0, 0.05) is 27.7 Å². The smallest absolute Gasteiger partial charge is 0.308 e. The third-order valence-electron chi connectivity index (χ3n) is 2.27. The van der Waals surface area contributed by atoms with Gasteiger partial charge in [0.05, 0.1) is 10.2 Å². The Labute approximate surface area is 122 Å². The van der Waals surface area contributed by atoms with Gasteiger partial charge in [-0.25, -0.2) is 0 Å². The van der Waals surface area contributed by atoms with Crippen LogP contribution in [0.2, 0.25) is 0 Å². The fraction of sp³-hybridized carbons (Fsp3) is 0.250. The number of halogens is 1. The number of rotatable bonds is 6. The monoisotopic (exact) mass is 345 g/mol. The van der Waals surface area contributed by atoms with E-state index in [-0.39, 0.29) is 6.42 Å². The van der Waals surface area contributed by atoms with Crippen LogP contribution in [0.3, 0.4) is 0 Å². The van der Waals surface area contributed by atoms with Crippen molar-refractivity contribution in [1.29, 1.82) is 0 Å². The maximum Gasteiger partial charge on any atom is 0.308 e. The summed E-state index contributed by atoms with van der Waals surface area (Å²) in [4.78, 5) is 13.9. The predicted octanol–water partition coefficient (Wildman–Crippen LogP) is 3.49. The van der Waals surface area contributed by atoms with Crippen molar-refractivity contribution in [1.82, 2.24) is 5.32 Å². The summed E-state index contributed by atoms with van der Waals surface area (Å²) >= 11 is 6.70. The van der Waals surface area contributed by atoms with Crippen molar-refractivity contribution >= 4 is 44.6 Å². The van der Waals surface area contributed by atoms with Crippen LogP contribution < -0.4 is 5.32 Å². The molecule has 2 heterocycles. The number of carbonyl (C=O) groups is 1. The maximum absolute atomic E-state index is 10.6. The van der Waals surface area contributed by atoms with E-state index in [2.05, 4.69) is 27.3 Å². The van der Waals surface area contributed by atoms with Crippen LogP contribution in [0.5, 0.6) is 0 Å². The van der Waals surface area contributed by atoms with Crippen LogP contribution in [0, 0.1) is 0 Å². The molecule has 0 bridgehead atoms. The topological polar surface area (TPSA) is 49.3 Å². The van der Waals surface area contributed by atoms with Gasteiger partial charge in [-0.2, -0.15) is 0 Å². The van der Waals surface area contributed by atoms with Gasteiger partial charge in [0.15, 0.2) is 0 Å². The van der Waals surface area contributed by atoms with Crippen LogP contribution in [0.15, 0.2) is 28.1 Å². The highest BCUT2D eigenvalue weighted by atomic mass is 79.9. The molecule has 2 aromatic rings. The number of nitrogens with one attached hydrogen (secondary N) is 1. The van der Waals surface area contributed by atoms with Gasteiger partial charge in [-0.15, -0.1) is 22.7 Å². The van der Waals surface area contributed by atoms with Crippen molar-refractivity contribution in [2.45, 2.75) is 19.5 Å². The molecule has 0 radical (unpaired) electrons. The highest BCUT2D eigenvalue weighted by Gasteiger charge is 2.04. The molecule has 0 fully saturated rings. The number of carboxylic acid groups (broad SMARTS) is 1. The third kappa shape index (κ3) is 4.20. The average Bonchev–Trinajstić information content (AvgIpc) is 2.88. The molecule has 0 aliphatic heterocycles. The molecule has 0 amide bonds. The van der Waals surface area contributed by atoms with Crippen LogP contribution in [-0.4, -0.2) is 11.1 Å². The molecule has 96 valence electrons. The van der Waals surface area contributed by atoms with Gasteiger partial charge < -0.3 is 10.4 Å². The van der Waals surface area contributed by atoms with Crippen LogP contribution >= 0.6 is 38.6 Å². The molecule has 0 saturated heterocycles. The molecule has 3 nitrogen and oxygen atoms in total. The van der Waals surface area contributed by atoms with Gasteiger partial charge in [-0.3, -0.25) is 4.79 Å². The first-order valence-electron chi connectivity index (χ1n) is 5.38. The number of hydrogen-bond donors (Lipinski definition) is 2. The maximum atomic E-state index is 10.6. The van der Waals surface area contributed by atoms with E-state index in [1.165, 1.54) is 9.75 Å². The third-order valence-corrected chi connectivity index (χ3v) is 4.98. The average molecular weight is 346 g/mol. The van der Waals surface area contributed by atoms with Crippen molar-refractivity contribution < 1.29 is 9.90 Å². The molecule has 0 atom stereocenters. The lowest BCUT2D eigenvalue weighted by Crippen LogP contribution is -2.10. The molecule has 2 N–H and O–H groups in total. The summed E-state index contributed by atoms with van der Waals surface area (Å²) in [6.07, 6.45) is 0.114. The SMILES string of the molecule is O=C(O)Cc1ccc(CNCc2ccc(Br)s2)s1. The highest BCUT2D eigenvalue weighted by molar-refractivity contribution is 9.11. The molecule has 0 saturated carbocycles. The van der Waals surface area contributed by atoms with Crippen molar-refractivity contribution in [3.63, 3.8) is 0 Å². The Kier molecular flexibility index (Phi) is 4.94. The summed E-state index contributed by atoms with van der Waals surface area (Å²) in [5.74, 6) is -0.778. The molecule has 0 aliphatic rings. The quantitative estimate of drug-likeness (QED) is 0.842. The first-order chi connectivity index (χ1) is 8.63. The van der Waals surface area contributed by atoms with Crippen LogP contribution in [-0.2, 0) is 24.3 Å². The van der Waals surface area contributed by atoms with E-state index in [1.54, 1.807) is 22.7 Å². The van der Waals surface area contributed by atoms with E-state index in [0.717, 1.165) is 21.8 Å². The number of thiophene rings is 2. The second kappa shape index (κ2) is 6.47. The van der Waals surface area contributed by atoms with Crippen molar-refractivity contribution in [3.05, 3.63) is 42.7 Å². The Balaban J connectivity index is 1.79. The lowest BCUT2D eigenvalue weighted by Gasteiger charge is -2.00. The molecular weight excluding hydrogens is 334 g/mol. The lowest BCUT2D eigenvalue weighted by molar-refractivity contribution is -0.136. The molecule has 2 aromatic heterocycles. The summed E-state index contributed by atoms with van der Waals surface area (Å²) in [5, 5.41) is 12.0. The van der Waals surface area contributed by atoms with Crippen molar-refractivity contribution in [3.8, 4) is 0 Å². The number of hydrogen-bond acceptors (Lipinski definition) is 4. The minimum atomic E-state index is -0.778. The second-order valence-corrected chi connectivity index (χ2v) is 7.55. The summed E-state index contributed by atoms with van der Waals surface area (Å²) in [6.45, 7) is 1.61. The zero-order valence-corrected chi connectivity index (χ0v) is 12.7. The Morgan fingerprint density at radius 1 is 1.11 bits per heavy atom. The van der Waals surface area contributed by atoms with Gasteiger partial charge in [0.25, 0.3) is 0 Å². The van der Waals surface area contributed by atoms with Gasteiger partial charge in [0.2, 0.25) is 0 Å². The number of carboxylic acids is 1. The molecule has 6 heteroatoms. The first kappa shape index (κ1) is 13.7. The standard InChI is InChI=1S/C12H12BrNO2S2/c13-11-4-3-10(18-11)7-14-6-9-2-1-8(17-9)5-12(15)16/h1-4,14H,5-7H2,(H,15,16). The molecule has 0 spiro atoms. The molecular formula is C12H12BrNO2S2. The van der Waals surface area contributed by atoms with E-state index in [1.807, 2.05) is 18.2 Å². The molecule has 0 aliphatic carbocycles. The fourth-order valence-corrected chi connectivity index (χ4v) is 3.95. The molecule has 18 heavy (non-hydrogen) atoms. The predicted molar refractivity (Wildman–Crippen MR) is 78.2 cm³/mol. The van der Waals surface area contributed by atoms with E-state index < -0.39 is 5.97 Å². The van der Waals surface area contributed by atoms with E-state index in [4.69, 9.17) is 5.11 Å². The Morgan fingerprint density at radius 2 is 1.72 bits per heavy atom. The van der Waals surface area contributed by atoms with Gasteiger partial charge in [-0.05, 0) is 40.2 Å². The van der Waals surface area contributed by atoms with E-state index in [9.17, 15) is 4.79 Å². The Morgan fingerprint density at radius 3 is 2.33 bits per heavy atom. The van der Waals surface area contributed by atoms with Crippen molar-refractivity contribution in [2.75, 3.05) is 0 Å². The van der Waals surface area contributed by atoms with Crippen LogP contribution in [0.25, 0.3) is 0 Å². The van der Waals surface area contributed by atoms with E-state index in [0.29, 0.717) is 0 Å². The Bertz CT molecular complexity index is 536. The van der Waals surface area contributed by atoms with Gasteiger partial charge in [-0.1, -0.05) is 0 Å². The summed E-state index contributed by atoms with van der Waals surface area (Å²) < 4.78 is 1.14. The summed E-state index contributed by atoms with van der Waals surface area (Å²) in [7, 11) is 0. The normalized spacial score (nSPS) is 10.7. The molecule has 2 rings (SSSR count). The summed E-state index contributed by atoms with van der Waals surface area (Å²) in [6, 6.07) is 8.00. The lowest BCUT2D eigenvalue weighted by atomic mass is 10.3. The van der Waals surface area contributed by atoms with Gasteiger partial charge >= 0.3 is 5.97 Å². The van der Waals surface area contributed by atoms with Crippen LogP contribution in [0.4, 0.5) is 0 Å².